The molecule has 1 aromatic rings. The highest BCUT2D eigenvalue weighted by Crippen LogP contribution is 2.18. The summed E-state index contributed by atoms with van der Waals surface area (Å²) in [6.07, 6.45) is 2.03. The van der Waals surface area contributed by atoms with Gasteiger partial charge in [-0.05, 0) is 39.3 Å². The fraction of sp³-hybridized carbons (Fsp3) is 0.588. The van der Waals surface area contributed by atoms with Crippen LogP contribution in [-0.4, -0.2) is 60.7 Å². The molecule has 0 aliphatic carbocycles. The van der Waals surface area contributed by atoms with Crippen LogP contribution in [0, 0.1) is 0 Å². The van der Waals surface area contributed by atoms with E-state index in [1.165, 1.54) is 0 Å². The third-order valence-corrected chi connectivity index (χ3v) is 3.63. The van der Waals surface area contributed by atoms with Crippen LogP contribution in [0.15, 0.2) is 18.3 Å². The Labute approximate surface area is 143 Å². The van der Waals surface area contributed by atoms with Crippen LogP contribution in [-0.2, 0) is 4.74 Å². The van der Waals surface area contributed by atoms with Gasteiger partial charge in [0.2, 0.25) is 0 Å². The summed E-state index contributed by atoms with van der Waals surface area (Å²) in [5.74, 6) is 0.444. The lowest BCUT2D eigenvalue weighted by Gasteiger charge is -2.24. The van der Waals surface area contributed by atoms with Crippen molar-refractivity contribution in [3.63, 3.8) is 0 Å². The molecule has 0 aromatic carbocycles. The summed E-state index contributed by atoms with van der Waals surface area (Å²) >= 11 is 0. The van der Waals surface area contributed by atoms with Gasteiger partial charge in [0.05, 0.1) is 5.56 Å². The normalized spacial score (nSPS) is 17.5. The first-order chi connectivity index (χ1) is 11.2. The summed E-state index contributed by atoms with van der Waals surface area (Å²) in [7, 11) is 3.69. The maximum atomic E-state index is 12.5. The van der Waals surface area contributed by atoms with E-state index in [1.807, 2.05) is 34.9 Å². The number of ether oxygens (including phenoxy) is 1. The Kier molecular flexibility index (Phi) is 5.31. The first kappa shape index (κ1) is 18.0. The molecule has 1 aliphatic heterocycles. The van der Waals surface area contributed by atoms with Gasteiger partial charge in [-0.2, -0.15) is 0 Å². The summed E-state index contributed by atoms with van der Waals surface area (Å²) in [5, 5.41) is 2.98. The van der Waals surface area contributed by atoms with Crippen LogP contribution < -0.4 is 10.2 Å². The lowest BCUT2D eigenvalue weighted by molar-refractivity contribution is 0.0290. The Morgan fingerprint density at radius 1 is 1.38 bits per heavy atom. The molecule has 1 fully saturated rings. The SMILES string of the molecule is CN(C)c1ncccc1C(=O)NC1CCN(C(=O)OC(C)(C)C)C1. The van der Waals surface area contributed by atoms with E-state index < -0.39 is 5.60 Å². The van der Waals surface area contributed by atoms with E-state index in [1.54, 1.807) is 28.1 Å². The highest BCUT2D eigenvalue weighted by atomic mass is 16.6. The van der Waals surface area contributed by atoms with Crippen LogP contribution >= 0.6 is 0 Å². The van der Waals surface area contributed by atoms with Gasteiger partial charge >= 0.3 is 6.09 Å². The van der Waals surface area contributed by atoms with Gasteiger partial charge in [0.1, 0.15) is 11.4 Å². The molecule has 24 heavy (non-hydrogen) atoms. The fourth-order valence-electron chi connectivity index (χ4n) is 2.56. The fourth-order valence-corrected chi connectivity index (χ4v) is 2.56. The van der Waals surface area contributed by atoms with Crippen LogP contribution in [0.3, 0.4) is 0 Å². The van der Waals surface area contributed by atoms with Crippen molar-refractivity contribution in [3.8, 4) is 0 Å². The smallest absolute Gasteiger partial charge is 0.410 e. The van der Waals surface area contributed by atoms with Gasteiger partial charge in [-0.25, -0.2) is 9.78 Å². The summed E-state index contributed by atoms with van der Waals surface area (Å²) < 4.78 is 5.37. The molecule has 2 rings (SSSR count). The molecular formula is C17H26N4O3. The van der Waals surface area contributed by atoms with Crippen molar-refractivity contribution in [2.75, 3.05) is 32.1 Å². The third-order valence-electron chi connectivity index (χ3n) is 3.63. The zero-order valence-electron chi connectivity index (χ0n) is 15.0. The lowest BCUT2D eigenvalue weighted by Crippen LogP contribution is -2.40. The van der Waals surface area contributed by atoms with E-state index >= 15 is 0 Å². The van der Waals surface area contributed by atoms with Gasteiger partial charge in [0.15, 0.2) is 0 Å². The van der Waals surface area contributed by atoms with Crippen molar-refractivity contribution in [1.29, 1.82) is 0 Å². The number of carbonyl (C=O) groups is 2. The van der Waals surface area contributed by atoms with Gasteiger partial charge in [0, 0.05) is 39.4 Å². The zero-order valence-corrected chi connectivity index (χ0v) is 15.0. The molecular weight excluding hydrogens is 308 g/mol. The van der Waals surface area contributed by atoms with E-state index in [0.29, 0.717) is 30.9 Å². The molecule has 0 spiro atoms. The van der Waals surface area contributed by atoms with Gasteiger partial charge in [-0.1, -0.05) is 0 Å². The highest BCUT2D eigenvalue weighted by molar-refractivity contribution is 5.99. The minimum atomic E-state index is -0.519. The van der Waals surface area contributed by atoms with Gasteiger partial charge < -0.3 is 19.9 Å². The van der Waals surface area contributed by atoms with E-state index in [2.05, 4.69) is 10.3 Å². The molecule has 1 atom stereocenters. The molecule has 1 aromatic heterocycles. The largest absolute Gasteiger partial charge is 0.444 e. The Bertz CT molecular complexity index is 610. The van der Waals surface area contributed by atoms with E-state index in [0.717, 1.165) is 0 Å². The number of hydrogen-bond donors (Lipinski definition) is 1. The molecule has 7 nitrogen and oxygen atoms in total. The standard InChI is InChI=1S/C17H26N4O3/c1-17(2,3)24-16(23)21-10-8-12(11-21)19-15(22)13-7-6-9-18-14(13)20(4)5/h6-7,9,12H,8,10-11H2,1-5H3,(H,19,22). The summed E-state index contributed by atoms with van der Waals surface area (Å²) in [6.45, 7) is 6.55. The van der Waals surface area contributed by atoms with Crippen molar-refractivity contribution in [2.24, 2.45) is 0 Å². The summed E-state index contributed by atoms with van der Waals surface area (Å²) in [4.78, 5) is 32.3. The van der Waals surface area contributed by atoms with Crippen LogP contribution in [0.4, 0.5) is 10.6 Å². The maximum absolute atomic E-state index is 12.5. The number of nitrogens with one attached hydrogen (secondary N) is 1. The quantitative estimate of drug-likeness (QED) is 0.913. The first-order valence-corrected chi connectivity index (χ1v) is 8.08. The van der Waals surface area contributed by atoms with Crippen LogP contribution in [0.1, 0.15) is 37.6 Å². The number of hydrogen-bond acceptors (Lipinski definition) is 5. The number of carbonyl (C=O) groups excluding carboxylic acids is 2. The number of pyridine rings is 1. The Morgan fingerprint density at radius 2 is 2.08 bits per heavy atom. The van der Waals surface area contributed by atoms with Crippen molar-refractivity contribution in [1.82, 2.24) is 15.2 Å². The Hall–Kier alpha value is -2.31. The number of likely N-dealkylation sites (tertiary alicyclic amines) is 1. The monoisotopic (exact) mass is 334 g/mol. The Morgan fingerprint density at radius 3 is 2.71 bits per heavy atom. The van der Waals surface area contributed by atoms with Gasteiger partial charge in [-0.3, -0.25) is 4.79 Å². The Balaban J connectivity index is 1.96. The van der Waals surface area contributed by atoms with Crippen LogP contribution in [0.2, 0.25) is 0 Å². The molecule has 1 unspecified atom stereocenters. The van der Waals surface area contributed by atoms with Gasteiger partial charge in [0.25, 0.3) is 5.91 Å². The minimum absolute atomic E-state index is 0.0831. The van der Waals surface area contributed by atoms with Crippen molar-refractivity contribution < 1.29 is 14.3 Å². The van der Waals surface area contributed by atoms with Crippen molar-refractivity contribution >= 4 is 17.8 Å². The van der Waals surface area contributed by atoms with Gasteiger partial charge in [-0.15, -0.1) is 0 Å². The first-order valence-electron chi connectivity index (χ1n) is 8.08. The molecule has 0 bridgehead atoms. The van der Waals surface area contributed by atoms with E-state index in [-0.39, 0.29) is 18.0 Å². The van der Waals surface area contributed by atoms with E-state index in [4.69, 9.17) is 4.74 Å². The second kappa shape index (κ2) is 7.07. The van der Waals surface area contributed by atoms with Crippen molar-refractivity contribution in [3.05, 3.63) is 23.9 Å². The molecule has 2 heterocycles. The molecule has 1 N–H and O–H groups in total. The average molecular weight is 334 g/mol. The molecule has 1 saturated heterocycles. The molecule has 0 saturated carbocycles. The maximum Gasteiger partial charge on any atom is 0.410 e. The van der Waals surface area contributed by atoms with E-state index in [9.17, 15) is 9.59 Å². The number of aromatic nitrogens is 1. The van der Waals surface area contributed by atoms with Crippen molar-refractivity contribution in [2.45, 2.75) is 38.8 Å². The van der Waals surface area contributed by atoms with Crippen LogP contribution in [0.5, 0.6) is 0 Å². The number of amides is 2. The minimum Gasteiger partial charge on any atom is -0.444 e. The average Bonchev–Trinajstić information content (AvgIpc) is 2.94. The summed E-state index contributed by atoms with van der Waals surface area (Å²) in [6, 6.07) is 3.40. The second-order valence-corrected chi connectivity index (χ2v) is 7.15. The zero-order chi connectivity index (χ0) is 17.9. The number of nitrogens with zero attached hydrogens (tertiary/aromatic N) is 3. The molecule has 132 valence electrons. The predicted molar refractivity (Wildman–Crippen MR) is 92.2 cm³/mol. The lowest BCUT2D eigenvalue weighted by atomic mass is 10.2. The molecule has 7 heteroatoms. The second-order valence-electron chi connectivity index (χ2n) is 7.15. The van der Waals surface area contributed by atoms with Crippen LogP contribution in [0.25, 0.3) is 0 Å². The molecule has 2 amide bonds. The highest BCUT2D eigenvalue weighted by Gasteiger charge is 2.31. The summed E-state index contributed by atoms with van der Waals surface area (Å²) in [5.41, 5.74) is 0.00702. The molecule has 1 aliphatic rings. The number of anilines is 1. The topological polar surface area (TPSA) is 74.8 Å². The predicted octanol–water partition coefficient (Wildman–Crippen LogP) is 1.89. The third kappa shape index (κ3) is 4.59. The molecule has 0 radical (unpaired) electrons. The number of rotatable bonds is 3.